The number of nitrogens with zero attached hydrogens (tertiary/aromatic N) is 3. The summed E-state index contributed by atoms with van der Waals surface area (Å²) in [5.41, 5.74) is 8.13. The van der Waals surface area contributed by atoms with Gasteiger partial charge in [0.2, 0.25) is 0 Å². The van der Waals surface area contributed by atoms with Gasteiger partial charge in [-0.05, 0) is 52.6 Å². The molecule has 1 fully saturated rings. The average Bonchev–Trinajstić information content (AvgIpc) is 2.38. The zero-order chi connectivity index (χ0) is 13.1. The normalized spacial score (nSPS) is 21.8. The summed E-state index contributed by atoms with van der Waals surface area (Å²) in [7, 11) is 0. The Morgan fingerprint density at radius 1 is 1.22 bits per heavy atom. The molecule has 0 amide bonds. The summed E-state index contributed by atoms with van der Waals surface area (Å²) < 4.78 is 0. The van der Waals surface area contributed by atoms with E-state index in [2.05, 4.69) is 28.7 Å². The number of hydrogen-bond acceptors (Lipinski definition) is 4. The van der Waals surface area contributed by atoms with Gasteiger partial charge in [-0.2, -0.15) is 0 Å². The predicted octanol–water partition coefficient (Wildman–Crippen LogP) is 1.91. The number of nitrogens with two attached hydrogens (primary N) is 1. The summed E-state index contributed by atoms with van der Waals surface area (Å²) in [4.78, 5) is 11.3. The second kappa shape index (κ2) is 5.76. The molecule has 4 heteroatoms. The van der Waals surface area contributed by atoms with Gasteiger partial charge in [-0.25, -0.2) is 0 Å². The minimum Gasteiger partial charge on any atom is -0.328 e. The lowest BCUT2D eigenvalue weighted by Gasteiger charge is -2.37. The number of aromatic nitrogens is 2. The van der Waals surface area contributed by atoms with E-state index in [4.69, 9.17) is 5.73 Å². The highest BCUT2D eigenvalue weighted by atomic mass is 15.2. The quantitative estimate of drug-likeness (QED) is 0.887. The third-order valence-corrected chi connectivity index (χ3v) is 4.18. The fraction of sp³-hybridized carbons (Fsp3) is 0.714. The van der Waals surface area contributed by atoms with Gasteiger partial charge >= 0.3 is 0 Å². The van der Waals surface area contributed by atoms with Crippen LogP contribution < -0.4 is 5.73 Å². The van der Waals surface area contributed by atoms with E-state index in [1.807, 2.05) is 6.92 Å². The van der Waals surface area contributed by atoms with Crippen LogP contribution in [0.2, 0.25) is 0 Å². The summed E-state index contributed by atoms with van der Waals surface area (Å²) in [6.45, 7) is 8.61. The molecule has 2 atom stereocenters. The van der Waals surface area contributed by atoms with Crippen molar-refractivity contribution >= 4 is 0 Å². The van der Waals surface area contributed by atoms with E-state index in [9.17, 15) is 0 Å². The topological polar surface area (TPSA) is 55.0 Å². The van der Waals surface area contributed by atoms with Gasteiger partial charge in [0, 0.05) is 18.4 Å². The maximum Gasteiger partial charge on any atom is 0.0784 e. The largest absolute Gasteiger partial charge is 0.328 e. The molecule has 2 rings (SSSR count). The van der Waals surface area contributed by atoms with Crippen LogP contribution >= 0.6 is 0 Å². The van der Waals surface area contributed by atoms with Crippen molar-refractivity contribution in [1.29, 1.82) is 0 Å². The van der Waals surface area contributed by atoms with E-state index in [1.165, 1.54) is 12.8 Å². The van der Waals surface area contributed by atoms with Crippen molar-refractivity contribution in [2.45, 2.75) is 45.7 Å². The Morgan fingerprint density at radius 2 is 1.83 bits per heavy atom. The number of aryl methyl sites for hydroxylation is 1. The molecule has 2 heterocycles. The summed E-state index contributed by atoms with van der Waals surface area (Å²) >= 11 is 0. The molecule has 0 spiro atoms. The fourth-order valence-corrected chi connectivity index (χ4v) is 2.83. The minimum atomic E-state index is 0.320. The molecule has 0 aliphatic carbocycles. The van der Waals surface area contributed by atoms with Crippen LogP contribution in [0.5, 0.6) is 0 Å². The molecular weight excluding hydrogens is 224 g/mol. The van der Waals surface area contributed by atoms with Crippen LogP contribution in [0.4, 0.5) is 0 Å². The van der Waals surface area contributed by atoms with Gasteiger partial charge in [0.05, 0.1) is 17.4 Å². The predicted molar refractivity (Wildman–Crippen MR) is 73.1 cm³/mol. The second-order valence-electron chi connectivity index (χ2n) is 5.44. The van der Waals surface area contributed by atoms with Crippen molar-refractivity contribution in [1.82, 2.24) is 14.9 Å². The minimum absolute atomic E-state index is 0.320. The van der Waals surface area contributed by atoms with Gasteiger partial charge in [-0.3, -0.25) is 14.9 Å². The molecule has 1 saturated heterocycles. The van der Waals surface area contributed by atoms with Crippen LogP contribution in [0.25, 0.3) is 0 Å². The number of rotatable bonds is 3. The average molecular weight is 248 g/mol. The van der Waals surface area contributed by atoms with Crippen LogP contribution in [0, 0.1) is 12.8 Å². The van der Waals surface area contributed by atoms with Gasteiger partial charge in [-0.1, -0.05) is 0 Å². The highest BCUT2D eigenvalue weighted by Crippen LogP contribution is 2.27. The molecule has 1 aliphatic heterocycles. The standard InChI is InChI=1S/C14H24N4/c1-10(15)13-4-8-18(9-5-13)12(3)14-11(2)16-6-7-17-14/h6-7,10,12-13H,4-5,8-9,15H2,1-3H3. The van der Waals surface area contributed by atoms with Gasteiger partial charge in [0.25, 0.3) is 0 Å². The zero-order valence-corrected chi connectivity index (χ0v) is 11.6. The Hall–Kier alpha value is -1.00. The molecule has 0 saturated carbocycles. The lowest BCUT2D eigenvalue weighted by atomic mass is 9.90. The van der Waals surface area contributed by atoms with Crippen molar-refractivity contribution in [3.05, 3.63) is 23.8 Å². The van der Waals surface area contributed by atoms with E-state index in [0.29, 0.717) is 18.0 Å². The highest BCUT2D eigenvalue weighted by Gasteiger charge is 2.26. The summed E-state index contributed by atoms with van der Waals surface area (Å²) in [5, 5.41) is 0. The van der Waals surface area contributed by atoms with E-state index in [1.54, 1.807) is 12.4 Å². The summed E-state index contributed by atoms with van der Waals surface area (Å²) in [6, 6.07) is 0.674. The smallest absolute Gasteiger partial charge is 0.0784 e. The van der Waals surface area contributed by atoms with Gasteiger partial charge in [0.15, 0.2) is 0 Å². The maximum absolute atomic E-state index is 5.98. The first kappa shape index (κ1) is 13.4. The van der Waals surface area contributed by atoms with Gasteiger partial charge in [0.1, 0.15) is 0 Å². The summed E-state index contributed by atoms with van der Waals surface area (Å²) in [6.07, 6.45) is 5.93. The van der Waals surface area contributed by atoms with Gasteiger partial charge in [-0.15, -0.1) is 0 Å². The van der Waals surface area contributed by atoms with Crippen LogP contribution in [0.1, 0.15) is 44.1 Å². The number of piperidine rings is 1. The van der Waals surface area contributed by atoms with Crippen LogP contribution in [-0.4, -0.2) is 34.0 Å². The SMILES string of the molecule is Cc1nccnc1C(C)N1CCC(C(C)N)CC1. The lowest BCUT2D eigenvalue weighted by molar-refractivity contribution is 0.130. The molecular formula is C14H24N4. The number of hydrogen-bond donors (Lipinski definition) is 1. The van der Waals surface area contributed by atoms with Crippen molar-refractivity contribution in [3.8, 4) is 0 Å². The first-order valence-electron chi connectivity index (χ1n) is 6.86. The second-order valence-corrected chi connectivity index (χ2v) is 5.44. The Balaban J connectivity index is 2.00. The Kier molecular flexibility index (Phi) is 4.30. The van der Waals surface area contributed by atoms with E-state index < -0.39 is 0 Å². The fourth-order valence-electron chi connectivity index (χ4n) is 2.83. The third kappa shape index (κ3) is 2.87. The third-order valence-electron chi connectivity index (χ3n) is 4.18. The Morgan fingerprint density at radius 3 is 2.39 bits per heavy atom. The number of likely N-dealkylation sites (tertiary alicyclic amines) is 1. The molecule has 1 aliphatic rings. The molecule has 1 aromatic rings. The molecule has 2 N–H and O–H groups in total. The molecule has 0 bridgehead atoms. The van der Waals surface area contributed by atoms with Crippen molar-refractivity contribution < 1.29 is 0 Å². The Labute approximate surface area is 110 Å². The van der Waals surface area contributed by atoms with Crippen LogP contribution in [0.3, 0.4) is 0 Å². The Bertz CT molecular complexity index is 383. The first-order chi connectivity index (χ1) is 8.59. The van der Waals surface area contributed by atoms with E-state index in [0.717, 1.165) is 24.5 Å². The van der Waals surface area contributed by atoms with E-state index in [-0.39, 0.29) is 0 Å². The van der Waals surface area contributed by atoms with Crippen LogP contribution in [0.15, 0.2) is 12.4 Å². The molecule has 0 radical (unpaired) electrons. The van der Waals surface area contributed by atoms with Crippen LogP contribution in [-0.2, 0) is 0 Å². The molecule has 18 heavy (non-hydrogen) atoms. The monoisotopic (exact) mass is 248 g/mol. The van der Waals surface area contributed by atoms with Crippen molar-refractivity contribution in [2.75, 3.05) is 13.1 Å². The molecule has 4 nitrogen and oxygen atoms in total. The summed E-state index contributed by atoms with van der Waals surface area (Å²) in [5.74, 6) is 0.677. The lowest BCUT2D eigenvalue weighted by Crippen LogP contribution is -2.41. The molecule has 2 unspecified atom stereocenters. The molecule has 1 aromatic heterocycles. The first-order valence-corrected chi connectivity index (χ1v) is 6.86. The van der Waals surface area contributed by atoms with Crippen molar-refractivity contribution in [3.63, 3.8) is 0 Å². The maximum atomic E-state index is 5.98. The zero-order valence-electron chi connectivity index (χ0n) is 11.6. The molecule has 0 aromatic carbocycles. The highest BCUT2D eigenvalue weighted by molar-refractivity contribution is 5.12. The molecule has 100 valence electrons. The van der Waals surface area contributed by atoms with E-state index >= 15 is 0 Å². The van der Waals surface area contributed by atoms with Crippen molar-refractivity contribution in [2.24, 2.45) is 11.7 Å². The van der Waals surface area contributed by atoms with Gasteiger partial charge < -0.3 is 5.73 Å².